The van der Waals surface area contributed by atoms with Gasteiger partial charge in [-0.1, -0.05) is 29.3 Å². The minimum absolute atomic E-state index is 0.306. The molecule has 1 heterocycles. The molecule has 0 aliphatic rings. The highest BCUT2D eigenvalue weighted by atomic mass is 35.5. The molecule has 2 rings (SSSR count). The van der Waals surface area contributed by atoms with Crippen LogP contribution in [-0.4, -0.2) is 30.0 Å². The number of ether oxygens (including phenoxy) is 1. The van der Waals surface area contributed by atoms with Gasteiger partial charge in [0, 0.05) is 22.8 Å². The van der Waals surface area contributed by atoms with Gasteiger partial charge < -0.3 is 15.0 Å². The highest BCUT2D eigenvalue weighted by molar-refractivity contribution is 6.35. The van der Waals surface area contributed by atoms with Crippen LogP contribution in [0.4, 0.5) is 0 Å². The van der Waals surface area contributed by atoms with Crippen molar-refractivity contribution in [3.8, 4) is 0 Å². The number of hydrogen-bond donors (Lipinski definition) is 2. The summed E-state index contributed by atoms with van der Waals surface area (Å²) in [7, 11) is 0. The molecule has 2 N–H and O–H groups in total. The Morgan fingerprint density at radius 1 is 1.23 bits per heavy atom. The van der Waals surface area contributed by atoms with Gasteiger partial charge in [0.1, 0.15) is 5.69 Å². The molecule has 0 radical (unpaired) electrons. The third-order valence-corrected chi connectivity index (χ3v) is 3.47. The molecular formula is C15H14Cl2N2O3. The molecule has 0 bridgehead atoms. The Bertz CT molecular complexity index is 657. The van der Waals surface area contributed by atoms with E-state index in [2.05, 4.69) is 10.3 Å². The van der Waals surface area contributed by atoms with Crippen molar-refractivity contribution in [2.24, 2.45) is 0 Å². The zero-order chi connectivity index (χ0) is 15.9. The summed E-state index contributed by atoms with van der Waals surface area (Å²) < 4.78 is 4.86. The van der Waals surface area contributed by atoms with Crippen molar-refractivity contribution in [1.29, 1.82) is 0 Å². The minimum Gasteiger partial charge on any atom is -0.451 e. The predicted octanol–water partition coefficient (Wildman–Crippen LogP) is 2.84. The summed E-state index contributed by atoms with van der Waals surface area (Å²) in [5.41, 5.74) is 1.19. The molecule has 1 aromatic heterocycles. The van der Waals surface area contributed by atoms with Gasteiger partial charge in [0.05, 0.1) is 0 Å². The van der Waals surface area contributed by atoms with Crippen molar-refractivity contribution in [3.63, 3.8) is 0 Å². The van der Waals surface area contributed by atoms with Crippen LogP contribution < -0.4 is 5.32 Å². The van der Waals surface area contributed by atoms with Crippen molar-refractivity contribution in [1.82, 2.24) is 10.3 Å². The second kappa shape index (κ2) is 7.87. The van der Waals surface area contributed by atoms with Crippen molar-refractivity contribution in [2.45, 2.75) is 6.42 Å². The number of carbonyl (C=O) groups is 2. The van der Waals surface area contributed by atoms with Gasteiger partial charge in [0.15, 0.2) is 6.61 Å². The third kappa shape index (κ3) is 4.79. The number of hydrogen-bond acceptors (Lipinski definition) is 3. The summed E-state index contributed by atoms with van der Waals surface area (Å²) in [6.45, 7) is 0.0619. The summed E-state index contributed by atoms with van der Waals surface area (Å²) in [5.74, 6) is -0.939. The number of H-pyrrole nitrogens is 1. The van der Waals surface area contributed by atoms with Crippen LogP contribution in [0.15, 0.2) is 36.5 Å². The molecule has 116 valence electrons. The van der Waals surface area contributed by atoms with Crippen molar-refractivity contribution < 1.29 is 14.3 Å². The fourth-order valence-corrected chi connectivity index (χ4v) is 2.28. The first-order chi connectivity index (χ1) is 10.6. The molecule has 22 heavy (non-hydrogen) atoms. The Labute approximate surface area is 137 Å². The molecule has 1 amide bonds. The highest BCUT2D eigenvalue weighted by Gasteiger charge is 2.10. The van der Waals surface area contributed by atoms with E-state index in [1.807, 2.05) is 6.07 Å². The Morgan fingerprint density at radius 3 is 2.73 bits per heavy atom. The molecule has 0 fully saturated rings. The zero-order valence-electron chi connectivity index (χ0n) is 11.6. The second-order valence-corrected chi connectivity index (χ2v) is 5.34. The maximum absolute atomic E-state index is 11.6. The maximum atomic E-state index is 11.6. The lowest BCUT2D eigenvalue weighted by molar-refractivity contribution is -0.124. The molecule has 0 aliphatic carbocycles. The van der Waals surface area contributed by atoms with E-state index < -0.39 is 5.97 Å². The first-order valence-electron chi connectivity index (χ1n) is 6.57. The summed E-state index contributed by atoms with van der Waals surface area (Å²) in [6, 6.07) is 8.44. The third-order valence-electron chi connectivity index (χ3n) is 2.88. The van der Waals surface area contributed by atoms with Gasteiger partial charge in [-0.05, 0) is 36.2 Å². The lowest BCUT2D eigenvalue weighted by Gasteiger charge is -2.07. The van der Waals surface area contributed by atoms with E-state index in [0.717, 1.165) is 5.56 Å². The fraction of sp³-hybridized carbons (Fsp3) is 0.200. The van der Waals surface area contributed by atoms with E-state index in [1.165, 1.54) is 0 Å². The largest absolute Gasteiger partial charge is 0.451 e. The van der Waals surface area contributed by atoms with Gasteiger partial charge in [-0.2, -0.15) is 0 Å². The number of aromatic amines is 1. The number of benzene rings is 1. The van der Waals surface area contributed by atoms with Crippen molar-refractivity contribution >= 4 is 35.1 Å². The molecule has 0 atom stereocenters. The number of amides is 1. The first kappa shape index (κ1) is 16.4. The molecule has 0 saturated carbocycles. The van der Waals surface area contributed by atoms with Gasteiger partial charge in [-0.15, -0.1) is 0 Å². The van der Waals surface area contributed by atoms with E-state index in [0.29, 0.717) is 28.7 Å². The zero-order valence-corrected chi connectivity index (χ0v) is 13.1. The van der Waals surface area contributed by atoms with Gasteiger partial charge in [-0.25, -0.2) is 4.79 Å². The summed E-state index contributed by atoms with van der Waals surface area (Å²) in [5, 5.41) is 3.78. The number of nitrogens with one attached hydrogen (secondary N) is 2. The molecule has 0 aliphatic heterocycles. The van der Waals surface area contributed by atoms with E-state index in [9.17, 15) is 9.59 Å². The van der Waals surface area contributed by atoms with E-state index >= 15 is 0 Å². The fourth-order valence-electron chi connectivity index (χ4n) is 1.78. The van der Waals surface area contributed by atoms with Crippen molar-refractivity contribution in [3.05, 3.63) is 57.8 Å². The lowest BCUT2D eigenvalue weighted by Crippen LogP contribution is -2.30. The summed E-state index contributed by atoms with van der Waals surface area (Å²) >= 11 is 11.8. The van der Waals surface area contributed by atoms with Gasteiger partial charge >= 0.3 is 5.97 Å². The summed E-state index contributed by atoms with van der Waals surface area (Å²) in [6.07, 6.45) is 2.17. The average Bonchev–Trinajstić information content (AvgIpc) is 3.01. The maximum Gasteiger partial charge on any atom is 0.355 e. The Morgan fingerprint density at radius 2 is 2.05 bits per heavy atom. The molecular weight excluding hydrogens is 327 g/mol. The normalized spacial score (nSPS) is 10.3. The topological polar surface area (TPSA) is 71.2 Å². The van der Waals surface area contributed by atoms with Gasteiger partial charge in [0.2, 0.25) is 0 Å². The lowest BCUT2D eigenvalue weighted by atomic mass is 10.1. The Hall–Kier alpha value is -1.98. The quantitative estimate of drug-likeness (QED) is 0.794. The number of rotatable bonds is 6. The van der Waals surface area contributed by atoms with Crippen LogP contribution in [0.25, 0.3) is 0 Å². The SMILES string of the molecule is O=C(COC(=O)c1ccc[nH]1)NCCc1ccc(Cl)cc1Cl. The van der Waals surface area contributed by atoms with E-state index in [4.69, 9.17) is 27.9 Å². The first-order valence-corrected chi connectivity index (χ1v) is 7.33. The second-order valence-electron chi connectivity index (χ2n) is 4.50. The Kier molecular flexibility index (Phi) is 5.86. The van der Waals surface area contributed by atoms with Crippen LogP contribution in [0, 0.1) is 0 Å². The average molecular weight is 341 g/mol. The van der Waals surface area contributed by atoms with Crippen LogP contribution in [0.3, 0.4) is 0 Å². The molecule has 0 saturated heterocycles. The monoisotopic (exact) mass is 340 g/mol. The standard InChI is InChI=1S/C15H14Cl2N2O3/c16-11-4-3-10(12(17)8-11)5-7-19-14(20)9-22-15(21)13-2-1-6-18-13/h1-4,6,8,18H,5,7,9H2,(H,19,20). The molecule has 0 unspecified atom stereocenters. The number of carbonyl (C=O) groups excluding carboxylic acids is 2. The van der Waals surface area contributed by atoms with Crippen LogP contribution in [-0.2, 0) is 16.0 Å². The molecule has 7 heteroatoms. The van der Waals surface area contributed by atoms with Crippen LogP contribution in [0.5, 0.6) is 0 Å². The Balaban J connectivity index is 1.70. The number of aromatic nitrogens is 1. The number of esters is 1. The molecule has 5 nitrogen and oxygen atoms in total. The van der Waals surface area contributed by atoms with Gasteiger partial charge in [0.25, 0.3) is 5.91 Å². The van der Waals surface area contributed by atoms with Gasteiger partial charge in [-0.3, -0.25) is 4.79 Å². The predicted molar refractivity (Wildman–Crippen MR) is 84.3 cm³/mol. The molecule has 1 aromatic carbocycles. The van der Waals surface area contributed by atoms with Crippen LogP contribution >= 0.6 is 23.2 Å². The van der Waals surface area contributed by atoms with Crippen LogP contribution in [0.1, 0.15) is 16.1 Å². The highest BCUT2D eigenvalue weighted by Crippen LogP contribution is 2.20. The minimum atomic E-state index is -0.569. The number of halogens is 2. The van der Waals surface area contributed by atoms with E-state index in [1.54, 1.807) is 30.5 Å². The van der Waals surface area contributed by atoms with Crippen LogP contribution in [0.2, 0.25) is 10.0 Å². The van der Waals surface area contributed by atoms with Crippen molar-refractivity contribution in [2.75, 3.05) is 13.2 Å². The molecule has 2 aromatic rings. The smallest absolute Gasteiger partial charge is 0.355 e. The molecule has 0 spiro atoms. The van der Waals surface area contributed by atoms with E-state index in [-0.39, 0.29) is 12.5 Å². The summed E-state index contributed by atoms with van der Waals surface area (Å²) in [4.78, 5) is 25.8.